The zero-order valence-electron chi connectivity index (χ0n) is 17.9. The van der Waals surface area contributed by atoms with E-state index in [2.05, 4.69) is 15.0 Å². The third-order valence-electron chi connectivity index (χ3n) is 4.61. The van der Waals surface area contributed by atoms with E-state index in [0.717, 1.165) is 23.7 Å². The zero-order valence-corrected chi connectivity index (χ0v) is 17.9. The first-order valence-electron chi connectivity index (χ1n) is 10.1. The number of nitrogens with one attached hydrogen (secondary N) is 1. The Labute approximate surface area is 181 Å². The van der Waals surface area contributed by atoms with Gasteiger partial charge in [0.15, 0.2) is 11.6 Å². The Morgan fingerprint density at radius 3 is 2.61 bits per heavy atom. The molecule has 2 heterocycles. The molecule has 9 heteroatoms. The number of hydrogen-bond acceptors (Lipinski definition) is 7. The number of halogens is 1. The lowest BCUT2D eigenvalue weighted by Crippen LogP contribution is -2.46. The number of nitrogens with zero attached hydrogens (tertiary/aromatic N) is 4. The molecule has 0 radical (unpaired) electrons. The van der Waals surface area contributed by atoms with E-state index in [9.17, 15) is 4.39 Å². The van der Waals surface area contributed by atoms with Gasteiger partial charge in [-0.05, 0) is 44.5 Å². The van der Waals surface area contributed by atoms with Crippen molar-refractivity contribution in [3.05, 3.63) is 47.9 Å². The number of allylic oxidation sites excluding steroid dienone is 1. The number of morpholine rings is 1. The van der Waals surface area contributed by atoms with Crippen LogP contribution < -0.4 is 15.4 Å². The van der Waals surface area contributed by atoms with Crippen LogP contribution in [0.25, 0.3) is 5.57 Å². The highest BCUT2D eigenvalue weighted by atomic mass is 19.1. The summed E-state index contributed by atoms with van der Waals surface area (Å²) in [5.41, 5.74) is 7.31. The van der Waals surface area contributed by atoms with Crippen molar-refractivity contribution in [2.45, 2.75) is 33.0 Å². The average molecular weight is 426 g/mol. The molecule has 0 spiro atoms. The molecule has 2 aromatic rings. The van der Waals surface area contributed by atoms with Gasteiger partial charge in [-0.25, -0.2) is 14.4 Å². The second-order valence-corrected chi connectivity index (χ2v) is 7.24. The molecule has 1 aromatic heterocycles. The van der Waals surface area contributed by atoms with Crippen molar-refractivity contribution in [3.63, 3.8) is 0 Å². The lowest BCUT2D eigenvalue weighted by atomic mass is 10.1. The minimum atomic E-state index is -0.674. The van der Waals surface area contributed by atoms with Crippen LogP contribution in [0.1, 0.15) is 26.3 Å². The van der Waals surface area contributed by atoms with Crippen LogP contribution >= 0.6 is 0 Å². The summed E-state index contributed by atoms with van der Waals surface area (Å²) in [5.74, 6) is 0.311. The molecule has 3 rings (SSSR count). The summed E-state index contributed by atoms with van der Waals surface area (Å²) in [6.07, 6.45) is 3.79. The molecule has 1 aromatic carbocycles. The van der Waals surface area contributed by atoms with Crippen LogP contribution in [0.5, 0.6) is 5.75 Å². The van der Waals surface area contributed by atoms with Crippen LogP contribution in [0.15, 0.2) is 41.5 Å². The second kappa shape index (κ2) is 10.1. The van der Waals surface area contributed by atoms with Crippen LogP contribution in [-0.4, -0.2) is 53.9 Å². The van der Waals surface area contributed by atoms with E-state index in [0.29, 0.717) is 31.2 Å². The first-order valence-corrected chi connectivity index (χ1v) is 10.1. The average Bonchev–Trinajstić information content (AvgIpc) is 2.74. The van der Waals surface area contributed by atoms with Crippen molar-refractivity contribution in [1.29, 1.82) is 5.41 Å². The lowest BCUT2D eigenvalue weighted by Gasteiger charge is -2.35. The number of hydrogen-bond donors (Lipinski definition) is 2. The number of rotatable bonds is 7. The Balaban J connectivity index is 1.84. The van der Waals surface area contributed by atoms with E-state index in [-0.39, 0.29) is 23.9 Å². The van der Waals surface area contributed by atoms with Gasteiger partial charge in [-0.3, -0.25) is 0 Å². The maximum Gasteiger partial charge on any atom is 0.227 e. The van der Waals surface area contributed by atoms with Gasteiger partial charge in [0, 0.05) is 24.9 Å². The van der Waals surface area contributed by atoms with Gasteiger partial charge in [-0.1, -0.05) is 12.1 Å². The summed E-state index contributed by atoms with van der Waals surface area (Å²) < 4.78 is 25.4. The summed E-state index contributed by atoms with van der Waals surface area (Å²) in [6, 6.07) is 7.26. The molecular weight excluding hydrogens is 399 g/mol. The SMILES string of the molecule is CCOc1ccc(/C(C=N)=C/C(N)=Nc2nc(N3C[C@@H](C)O[C@@H](C)C3)ncc2F)cc1. The minimum Gasteiger partial charge on any atom is -0.494 e. The van der Waals surface area contributed by atoms with Crippen molar-refractivity contribution in [2.75, 3.05) is 24.6 Å². The van der Waals surface area contributed by atoms with Crippen molar-refractivity contribution >= 4 is 29.4 Å². The molecule has 1 fully saturated rings. The van der Waals surface area contributed by atoms with Crippen molar-refractivity contribution in [1.82, 2.24) is 9.97 Å². The number of ether oxygens (including phenoxy) is 2. The van der Waals surface area contributed by atoms with Crippen molar-refractivity contribution in [2.24, 2.45) is 10.7 Å². The molecule has 0 aliphatic carbocycles. The quantitative estimate of drug-likeness (QED) is 0.519. The Bertz CT molecular complexity index is 966. The molecule has 1 saturated heterocycles. The highest BCUT2D eigenvalue weighted by Gasteiger charge is 2.24. The van der Waals surface area contributed by atoms with Crippen LogP contribution in [0.3, 0.4) is 0 Å². The van der Waals surface area contributed by atoms with Gasteiger partial charge < -0.3 is 25.5 Å². The predicted octanol–water partition coefficient (Wildman–Crippen LogP) is 3.35. The molecule has 0 saturated carbocycles. The van der Waals surface area contributed by atoms with E-state index in [1.165, 1.54) is 6.08 Å². The Morgan fingerprint density at radius 2 is 2.00 bits per heavy atom. The smallest absolute Gasteiger partial charge is 0.227 e. The number of aromatic nitrogens is 2. The molecule has 3 N–H and O–H groups in total. The highest BCUT2D eigenvalue weighted by Crippen LogP contribution is 2.22. The van der Waals surface area contributed by atoms with Gasteiger partial charge >= 0.3 is 0 Å². The number of aliphatic imine (C=N–C) groups is 1. The van der Waals surface area contributed by atoms with E-state index >= 15 is 0 Å². The Kier molecular flexibility index (Phi) is 7.30. The van der Waals surface area contributed by atoms with Gasteiger partial charge in [0.25, 0.3) is 0 Å². The van der Waals surface area contributed by atoms with Gasteiger partial charge in [0.05, 0.1) is 25.0 Å². The summed E-state index contributed by atoms with van der Waals surface area (Å²) in [4.78, 5) is 14.4. The normalized spacial score (nSPS) is 19.9. The van der Waals surface area contributed by atoms with E-state index in [1.807, 2.05) is 49.9 Å². The summed E-state index contributed by atoms with van der Waals surface area (Å²) >= 11 is 0. The number of anilines is 1. The van der Waals surface area contributed by atoms with Gasteiger partial charge in [-0.15, -0.1) is 0 Å². The standard InChI is InChI=1S/C22H27FN6O2/c1-4-30-18-7-5-16(6-8-18)17(10-24)9-20(25)27-21-19(23)11-26-22(28-21)29-12-14(2)31-15(3)13-29/h5-11,14-15,24H,4,12-13H2,1-3H3,(H2,25,26,27,28)/b17-9+,24-10?/t14-,15+. The highest BCUT2D eigenvalue weighted by molar-refractivity contribution is 6.15. The van der Waals surface area contributed by atoms with Crippen LogP contribution in [0.4, 0.5) is 16.2 Å². The van der Waals surface area contributed by atoms with E-state index < -0.39 is 5.82 Å². The van der Waals surface area contributed by atoms with Gasteiger partial charge in [0.1, 0.15) is 11.6 Å². The van der Waals surface area contributed by atoms with E-state index in [4.69, 9.17) is 20.6 Å². The first-order chi connectivity index (χ1) is 14.9. The van der Waals surface area contributed by atoms with Gasteiger partial charge in [0.2, 0.25) is 5.95 Å². The Hall–Kier alpha value is -3.33. The third-order valence-corrected chi connectivity index (χ3v) is 4.61. The predicted molar refractivity (Wildman–Crippen MR) is 120 cm³/mol. The maximum atomic E-state index is 14.3. The lowest BCUT2D eigenvalue weighted by molar-refractivity contribution is -0.00572. The summed E-state index contributed by atoms with van der Waals surface area (Å²) in [5, 5.41) is 7.70. The number of benzene rings is 1. The van der Waals surface area contributed by atoms with Crippen LogP contribution in [0, 0.1) is 11.2 Å². The fraction of sp³-hybridized carbons (Fsp3) is 0.364. The topological polar surface area (TPSA) is 110 Å². The van der Waals surface area contributed by atoms with Crippen molar-refractivity contribution < 1.29 is 13.9 Å². The molecule has 0 amide bonds. The molecule has 0 bridgehead atoms. The molecule has 2 atom stereocenters. The maximum absolute atomic E-state index is 14.3. The largest absolute Gasteiger partial charge is 0.494 e. The van der Waals surface area contributed by atoms with Crippen LogP contribution in [0.2, 0.25) is 0 Å². The molecule has 8 nitrogen and oxygen atoms in total. The fourth-order valence-corrected chi connectivity index (χ4v) is 3.35. The summed E-state index contributed by atoms with van der Waals surface area (Å²) in [7, 11) is 0. The first kappa shape index (κ1) is 22.4. The second-order valence-electron chi connectivity index (χ2n) is 7.24. The monoisotopic (exact) mass is 426 g/mol. The third kappa shape index (κ3) is 5.85. The van der Waals surface area contributed by atoms with Gasteiger partial charge in [-0.2, -0.15) is 4.98 Å². The van der Waals surface area contributed by atoms with Crippen molar-refractivity contribution in [3.8, 4) is 5.75 Å². The Morgan fingerprint density at radius 1 is 1.32 bits per heavy atom. The molecule has 164 valence electrons. The molecular formula is C22H27FN6O2. The zero-order chi connectivity index (χ0) is 22.4. The minimum absolute atomic E-state index is 0.0154. The fourth-order valence-electron chi connectivity index (χ4n) is 3.35. The number of nitrogens with two attached hydrogens (primary N) is 1. The molecule has 1 aliphatic rings. The molecule has 1 aliphatic heterocycles. The molecule has 31 heavy (non-hydrogen) atoms. The van der Waals surface area contributed by atoms with Crippen LogP contribution in [-0.2, 0) is 4.74 Å². The number of amidine groups is 1. The summed E-state index contributed by atoms with van der Waals surface area (Å²) in [6.45, 7) is 7.61. The molecule has 0 unspecified atom stereocenters. The van der Waals surface area contributed by atoms with E-state index in [1.54, 1.807) is 0 Å².